The molecule has 1 aliphatic carbocycles. The lowest BCUT2D eigenvalue weighted by Gasteiger charge is -2.26. The summed E-state index contributed by atoms with van der Waals surface area (Å²) in [6.07, 6.45) is 8.48. The van der Waals surface area contributed by atoms with Crippen molar-refractivity contribution in [3.8, 4) is 0 Å². The number of allylic oxidation sites excluding steroid dienone is 3. The molecule has 0 amide bonds. The molecule has 0 saturated carbocycles. The van der Waals surface area contributed by atoms with E-state index < -0.39 is 0 Å². The molecule has 78 valence electrons. The van der Waals surface area contributed by atoms with Crippen LogP contribution in [0, 0.1) is 0 Å². The molecule has 1 aliphatic heterocycles. The predicted molar refractivity (Wildman–Crippen MR) is 60.1 cm³/mol. The second-order valence-corrected chi connectivity index (χ2v) is 4.25. The number of nitrogens with zero attached hydrogens (tertiary/aromatic N) is 1. The van der Waals surface area contributed by atoms with Gasteiger partial charge >= 0.3 is 0 Å². The van der Waals surface area contributed by atoms with Crippen LogP contribution in [0.15, 0.2) is 23.4 Å². The van der Waals surface area contributed by atoms with Gasteiger partial charge in [-0.2, -0.15) is 0 Å². The van der Waals surface area contributed by atoms with Crippen molar-refractivity contribution in [3.05, 3.63) is 23.4 Å². The number of hydrogen-bond acceptors (Lipinski definition) is 2. The Kier molecular flexibility index (Phi) is 3.25. The van der Waals surface area contributed by atoms with Gasteiger partial charge in [-0.15, -0.1) is 0 Å². The van der Waals surface area contributed by atoms with E-state index in [1.54, 1.807) is 0 Å². The van der Waals surface area contributed by atoms with Gasteiger partial charge in [0.15, 0.2) is 0 Å². The third-order valence-electron chi connectivity index (χ3n) is 2.99. The highest BCUT2D eigenvalue weighted by atomic mass is 15.2. The van der Waals surface area contributed by atoms with Crippen molar-refractivity contribution < 1.29 is 0 Å². The van der Waals surface area contributed by atoms with Crippen LogP contribution < -0.4 is 5.32 Å². The van der Waals surface area contributed by atoms with Crippen LogP contribution in [-0.4, -0.2) is 31.1 Å². The lowest BCUT2D eigenvalue weighted by Crippen LogP contribution is -2.27. The Bertz CT molecular complexity index is 245. The van der Waals surface area contributed by atoms with E-state index in [4.69, 9.17) is 0 Å². The molecule has 0 atom stereocenters. The summed E-state index contributed by atoms with van der Waals surface area (Å²) in [5.74, 6) is 0. The third-order valence-corrected chi connectivity index (χ3v) is 2.99. The molecule has 2 nitrogen and oxygen atoms in total. The summed E-state index contributed by atoms with van der Waals surface area (Å²) in [6, 6.07) is 0. The number of hydrogen-bond donors (Lipinski definition) is 1. The summed E-state index contributed by atoms with van der Waals surface area (Å²) < 4.78 is 0. The van der Waals surface area contributed by atoms with E-state index >= 15 is 0 Å². The zero-order valence-electron chi connectivity index (χ0n) is 9.05. The highest BCUT2D eigenvalue weighted by Crippen LogP contribution is 2.19. The first kappa shape index (κ1) is 9.78. The quantitative estimate of drug-likeness (QED) is 0.682. The van der Waals surface area contributed by atoms with Gasteiger partial charge in [-0.3, -0.25) is 0 Å². The van der Waals surface area contributed by atoms with Crippen LogP contribution in [0.5, 0.6) is 0 Å². The maximum atomic E-state index is 3.44. The Morgan fingerprint density at radius 3 is 3.07 bits per heavy atom. The van der Waals surface area contributed by atoms with Crippen LogP contribution in [0.2, 0.25) is 0 Å². The van der Waals surface area contributed by atoms with Crippen molar-refractivity contribution >= 4 is 0 Å². The molecule has 1 fully saturated rings. The molecule has 0 spiro atoms. The molecule has 1 N–H and O–H groups in total. The molecular formula is C12H20N2. The molecule has 0 aromatic heterocycles. The summed E-state index contributed by atoms with van der Waals surface area (Å²) in [5.41, 5.74) is 2.98. The van der Waals surface area contributed by atoms with Gasteiger partial charge in [-0.05, 0) is 38.8 Å². The minimum absolute atomic E-state index is 1.13. The van der Waals surface area contributed by atoms with Gasteiger partial charge in [0.25, 0.3) is 0 Å². The van der Waals surface area contributed by atoms with Crippen LogP contribution in [0.3, 0.4) is 0 Å². The fraction of sp³-hybridized carbons (Fsp3) is 0.667. The molecule has 0 aromatic carbocycles. The van der Waals surface area contributed by atoms with Crippen LogP contribution in [0.4, 0.5) is 0 Å². The van der Waals surface area contributed by atoms with Crippen LogP contribution in [0.1, 0.15) is 26.2 Å². The summed E-state index contributed by atoms with van der Waals surface area (Å²) >= 11 is 0. The van der Waals surface area contributed by atoms with Crippen molar-refractivity contribution in [3.63, 3.8) is 0 Å². The molecular weight excluding hydrogens is 172 g/mol. The fourth-order valence-corrected chi connectivity index (χ4v) is 2.16. The maximum Gasteiger partial charge on any atom is 0.0325 e. The maximum absolute atomic E-state index is 3.44. The van der Waals surface area contributed by atoms with Gasteiger partial charge in [0.1, 0.15) is 0 Å². The molecule has 0 radical (unpaired) electrons. The Hall–Kier alpha value is -0.760. The Labute approximate surface area is 86.7 Å². The highest BCUT2D eigenvalue weighted by molar-refractivity contribution is 5.26. The smallest absolute Gasteiger partial charge is 0.0325 e. The first-order chi connectivity index (χ1) is 6.86. The Balaban J connectivity index is 2.02. The fourth-order valence-electron chi connectivity index (χ4n) is 2.16. The van der Waals surface area contributed by atoms with Gasteiger partial charge < -0.3 is 10.2 Å². The van der Waals surface area contributed by atoms with Crippen molar-refractivity contribution in [1.29, 1.82) is 0 Å². The summed E-state index contributed by atoms with van der Waals surface area (Å²) in [5, 5.41) is 3.44. The Morgan fingerprint density at radius 1 is 1.29 bits per heavy atom. The average Bonchev–Trinajstić information content (AvgIpc) is 2.45. The Morgan fingerprint density at radius 2 is 2.21 bits per heavy atom. The molecule has 14 heavy (non-hydrogen) atoms. The summed E-state index contributed by atoms with van der Waals surface area (Å²) in [7, 11) is 0. The molecule has 1 saturated heterocycles. The van der Waals surface area contributed by atoms with E-state index in [2.05, 4.69) is 29.3 Å². The monoisotopic (exact) mass is 192 g/mol. The first-order valence-electron chi connectivity index (χ1n) is 5.69. The van der Waals surface area contributed by atoms with Gasteiger partial charge in [0, 0.05) is 25.3 Å². The van der Waals surface area contributed by atoms with E-state index in [1.807, 2.05) is 0 Å². The van der Waals surface area contributed by atoms with Crippen molar-refractivity contribution in [2.24, 2.45) is 0 Å². The van der Waals surface area contributed by atoms with E-state index in [-0.39, 0.29) is 0 Å². The van der Waals surface area contributed by atoms with E-state index in [0.717, 1.165) is 13.1 Å². The summed E-state index contributed by atoms with van der Waals surface area (Å²) in [4.78, 5) is 2.52. The summed E-state index contributed by atoms with van der Waals surface area (Å²) in [6.45, 7) is 6.91. The van der Waals surface area contributed by atoms with Crippen molar-refractivity contribution in [2.75, 3.05) is 26.2 Å². The lowest BCUT2D eigenvalue weighted by atomic mass is 10.0. The van der Waals surface area contributed by atoms with Crippen molar-refractivity contribution in [1.82, 2.24) is 10.2 Å². The lowest BCUT2D eigenvalue weighted by molar-refractivity contribution is 0.375. The molecule has 2 heteroatoms. The SMILES string of the molecule is CC1=CC(N2CCCNCC2)=CCC1. The molecule has 0 bridgehead atoms. The second kappa shape index (κ2) is 4.65. The van der Waals surface area contributed by atoms with Gasteiger partial charge in [0.2, 0.25) is 0 Å². The van der Waals surface area contributed by atoms with Crippen LogP contribution in [-0.2, 0) is 0 Å². The normalized spacial score (nSPS) is 23.9. The molecule has 0 aromatic rings. The van der Waals surface area contributed by atoms with E-state index in [0.29, 0.717) is 0 Å². The van der Waals surface area contributed by atoms with Crippen LogP contribution >= 0.6 is 0 Å². The molecule has 2 rings (SSSR count). The second-order valence-electron chi connectivity index (χ2n) is 4.25. The largest absolute Gasteiger partial charge is 0.370 e. The molecule has 1 heterocycles. The zero-order valence-corrected chi connectivity index (χ0v) is 9.05. The van der Waals surface area contributed by atoms with Crippen molar-refractivity contribution in [2.45, 2.75) is 26.2 Å². The highest BCUT2D eigenvalue weighted by Gasteiger charge is 2.12. The molecule has 0 unspecified atom stereocenters. The van der Waals surface area contributed by atoms with E-state index in [9.17, 15) is 0 Å². The topological polar surface area (TPSA) is 15.3 Å². The minimum atomic E-state index is 1.13. The van der Waals surface area contributed by atoms with Gasteiger partial charge in [-0.1, -0.05) is 11.6 Å². The third kappa shape index (κ3) is 2.38. The number of nitrogens with one attached hydrogen (secondary N) is 1. The zero-order chi connectivity index (χ0) is 9.80. The minimum Gasteiger partial charge on any atom is -0.370 e. The average molecular weight is 192 g/mol. The van der Waals surface area contributed by atoms with Crippen LogP contribution in [0.25, 0.3) is 0 Å². The predicted octanol–water partition coefficient (Wildman–Crippen LogP) is 1.91. The number of rotatable bonds is 1. The van der Waals surface area contributed by atoms with Gasteiger partial charge in [0.05, 0.1) is 0 Å². The van der Waals surface area contributed by atoms with Gasteiger partial charge in [-0.25, -0.2) is 0 Å². The first-order valence-corrected chi connectivity index (χ1v) is 5.69. The molecule has 2 aliphatic rings. The standard InChI is InChI=1S/C12H20N2/c1-11-4-2-5-12(10-11)14-8-3-6-13-7-9-14/h5,10,13H,2-4,6-9H2,1H3. The van der Waals surface area contributed by atoms with E-state index in [1.165, 1.54) is 43.6 Å².